The summed E-state index contributed by atoms with van der Waals surface area (Å²) in [6, 6.07) is 2.20. The molecule has 1 aliphatic heterocycles. The first kappa shape index (κ1) is 15.7. The van der Waals surface area contributed by atoms with Gasteiger partial charge in [0.2, 0.25) is 0 Å². The molecule has 0 aliphatic carbocycles. The Morgan fingerprint density at radius 2 is 2.22 bits per heavy atom. The van der Waals surface area contributed by atoms with Crippen LogP contribution in [0.5, 0.6) is 0 Å². The molecule has 0 amide bonds. The Labute approximate surface area is 136 Å². The lowest BCUT2D eigenvalue weighted by Crippen LogP contribution is -2.26. The molecule has 0 atom stereocenters. The van der Waals surface area contributed by atoms with Crippen LogP contribution in [0.1, 0.15) is 35.9 Å². The molecule has 1 aromatic carbocycles. The molecule has 6 nitrogen and oxygen atoms in total. The SMILES string of the molecule is CCOC(=O)c1cc(-n2nc3n(c2=O)CCCC3)c(F)cc1Cl. The number of aromatic nitrogens is 3. The topological polar surface area (TPSA) is 66.1 Å². The van der Waals surface area contributed by atoms with Gasteiger partial charge < -0.3 is 4.74 Å². The van der Waals surface area contributed by atoms with Crippen LogP contribution < -0.4 is 5.69 Å². The molecule has 3 rings (SSSR count). The summed E-state index contributed by atoms with van der Waals surface area (Å²) in [6.45, 7) is 2.39. The fourth-order valence-corrected chi connectivity index (χ4v) is 2.85. The van der Waals surface area contributed by atoms with Gasteiger partial charge in [-0.05, 0) is 31.9 Å². The van der Waals surface area contributed by atoms with Gasteiger partial charge in [-0.25, -0.2) is 14.0 Å². The lowest BCUT2D eigenvalue weighted by molar-refractivity contribution is 0.0526. The fraction of sp³-hybridized carbons (Fsp3) is 0.400. The Morgan fingerprint density at radius 1 is 1.43 bits per heavy atom. The number of esters is 1. The predicted octanol–water partition coefficient (Wildman–Crippen LogP) is 2.34. The summed E-state index contributed by atoms with van der Waals surface area (Å²) in [5.74, 6) is -0.773. The van der Waals surface area contributed by atoms with Gasteiger partial charge in [0.15, 0.2) is 5.82 Å². The lowest BCUT2D eigenvalue weighted by Gasteiger charge is -2.09. The van der Waals surface area contributed by atoms with E-state index < -0.39 is 17.5 Å². The van der Waals surface area contributed by atoms with Crippen LogP contribution in [0.25, 0.3) is 5.69 Å². The molecule has 0 saturated carbocycles. The summed E-state index contributed by atoms with van der Waals surface area (Å²) in [5.41, 5.74) is -0.525. The third-order valence-corrected chi connectivity index (χ3v) is 4.04. The highest BCUT2D eigenvalue weighted by Gasteiger charge is 2.22. The Balaban J connectivity index is 2.13. The summed E-state index contributed by atoms with van der Waals surface area (Å²) < 4.78 is 21.7. The van der Waals surface area contributed by atoms with Crippen LogP contribution in [-0.2, 0) is 17.7 Å². The van der Waals surface area contributed by atoms with Crippen LogP contribution in [0.15, 0.2) is 16.9 Å². The molecule has 0 unspecified atom stereocenters. The molecule has 0 bridgehead atoms. The minimum atomic E-state index is -0.722. The molecule has 1 aliphatic rings. The second kappa shape index (κ2) is 6.16. The van der Waals surface area contributed by atoms with Crippen molar-refractivity contribution in [3.05, 3.63) is 44.8 Å². The molecule has 0 saturated heterocycles. The van der Waals surface area contributed by atoms with E-state index in [-0.39, 0.29) is 22.9 Å². The molecule has 0 fully saturated rings. The van der Waals surface area contributed by atoms with E-state index in [2.05, 4.69) is 5.10 Å². The van der Waals surface area contributed by atoms with Crippen molar-refractivity contribution in [1.29, 1.82) is 0 Å². The Morgan fingerprint density at radius 3 is 2.91 bits per heavy atom. The van der Waals surface area contributed by atoms with Crippen LogP contribution in [0, 0.1) is 5.82 Å². The van der Waals surface area contributed by atoms with Crippen LogP contribution in [0.3, 0.4) is 0 Å². The number of carbonyl (C=O) groups excluding carboxylic acids is 1. The van der Waals surface area contributed by atoms with Gasteiger partial charge >= 0.3 is 11.7 Å². The number of benzene rings is 1. The van der Waals surface area contributed by atoms with E-state index in [9.17, 15) is 14.0 Å². The number of hydrogen-bond acceptors (Lipinski definition) is 4. The standard InChI is InChI=1S/C15H15ClFN3O3/c1-2-23-14(21)9-7-12(11(17)8-10(9)16)20-15(22)19-6-4-3-5-13(19)18-20/h7-8H,2-6H2,1H3. The Bertz CT molecular complexity index is 828. The van der Waals surface area contributed by atoms with Crippen LogP contribution in [-0.4, -0.2) is 26.9 Å². The zero-order valence-corrected chi connectivity index (χ0v) is 13.3. The number of nitrogens with zero attached hydrogens (tertiary/aromatic N) is 3. The molecular formula is C15H15ClFN3O3. The van der Waals surface area contributed by atoms with Gasteiger partial charge in [0.05, 0.1) is 17.2 Å². The van der Waals surface area contributed by atoms with Crippen molar-refractivity contribution < 1.29 is 13.9 Å². The van der Waals surface area contributed by atoms with E-state index in [0.717, 1.165) is 23.6 Å². The van der Waals surface area contributed by atoms with Gasteiger partial charge in [-0.15, -0.1) is 5.10 Å². The average Bonchev–Trinajstić information content (AvgIpc) is 2.85. The second-order valence-electron chi connectivity index (χ2n) is 5.22. The number of rotatable bonds is 3. The lowest BCUT2D eigenvalue weighted by atomic mass is 10.2. The van der Waals surface area contributed by atoms with Gasteiger partial charge in [0.25, 0.3) is 0 Å². The number of halogens is 2. The van der Waals surface area contributed by atoms with Gasteiger partial charge in [-0.3, -0.25) is 4.57 Å². The number of aryl methyl sites for hydroxylation is 1. The number of fused-ring (bicyclic) bond motifs is 1. The van der Waals surface area contributed by atoms with Crippen molar-refractivity contribution >= 4 is 17.6 Å². The van der Waals surface area contributed by atoms with Crippen molar-refractivity contribution in [2.45, 2.75) is 32.7 Å². The highest BCUT2D eigenvalue weighted by Crippen LogP contribution is 2.24. The van der Waals surface area contributed by atoms with Gasteiger partial charge in [-0.2, -0.15) is 4.68 Å². The summed E-state index contributed by atoms with van der Waals surface area (Å²) in [4.78, 5) is 24.3. The summed E-state index contributed by atoms with van der Waals surface area (Å²) >= 11 is 5.91. The monoisotopic (exact) mass is 339 g/mol. The largest absolute Gasteiger partial charge is 0.462 e. The molecule has 0 N–H and O–H groups in total. The first-order valence-corrected chi connectivity index (χ1v) is 7.76. The zero-order valence-electron chi connectivity index (χ0n) is 12.5. The van der Waals surface area contributed by atoms with E-state index in [1.54, 1.807) is 6.92 Å². The maximum atomic E-state index is 14.3. The van der Waals surface area contributed by atoms with Gasteiger partial charge in [-0.1, -0.05) is 11.6 Å². The van der Waals surface area contributed by atoms with Crippen LogP contribution in [0.2, 0.25) is 5.02 Å². The van der Waals surface area contributed by atoms with Gasteiger partial charge in [0, 0.05) is 13.0 Å². The molecule has 23 heavy (non-hydrogen) atoms. The smallest absolute Gasteiger partial charge is 0.350 e. The van der Waals surface area contributed by atoms with Crippen molar-refractivity contribution in [2.24, 2.45) is 0 Å². The molecule has 8 heteroatoms. The third-order valence-electron chi connectivity index (χ3n) is 3.73. The van der Waals surface area contributed by atoms with Crippen molar-refractivity contribution in [2.75, 3.05) is 6.61 Å². The average molecular weight is 340 g/mol. The normalized spacial score (nSPS) is 13.7. The van der Waals surface area contributed by atoms with Crippen molar-refractivity contribution in [3.8, 4) is 5.69 Å². The first-order valence-electron chi connectivity index (χ1n) is 7.38. The maximum Gasteiger partial charge on any atom is 0.350 e. The summed E-state index contributed by atoms with van der Waals surface area (Å²) in [6.07, 6.45) is 2.49. The van der Waals surface area contributed by atoms with E-state index in [0.29, 0.717) is 18.8 Å². The molecule has 122 valence electrons. The van der Waals surface area contributed by atoms with E-state index in [4.69, 9.17) is 16.3 Å². The molecule has 1 aromatic heterocycles. The molecule has 0 spiro atoms. The Hall–Kier alpha value is -2.15. The maximum absolute atomic E-state index is 14.3. The molecular weight excluding hydrogens is 325 g/mol. The van der Waals surface area contributed by atoms with Crippen molar-refractivity contribution in [3.63, 3.8) is 0 Å². The highest BCUT2D eigenvalue weighted by molar-refractivity contribution is 6.33. The van der Waals surface area contributed by atoms with E-state index in [1.807, 2.05) is 0 Å². The quantitative estimate of drug-likeness (QED) is 0.805. The minimum Gasteiger partial charge on any atom is -0.462 e. The van der Waals surface area contributed by atoms with Crippen LogP contribution in [0.4, 0.5) is 4.39 Å². The van der Waals surface area contributed by atoms with Crippen LogP contribution >= 0.6 is 11.6 Å². The number of ether oxygens (including phenoxy) is 1. The fourth-order valence-electron chi connectivity index (χ4n) is 2.62. The minimum absolute atomic E-state index is 0.00258. The number of hydrogen-bond donors (Lipinski definition) is 0. The molecule has 0 radical (unpaired) electrons. The third kappa shape index (κ3) is 2.76. The predicted molar refractivity (Wildman–Crippen MR) is 81.7 cm³/mol. The number of carbonyl (C=O) groups is 1. The summed E-state index contributed by atoms with van der Waals surface area (Å²) in [5, 5.41) is 4.12. The molecule has 2 aromatic rings. The summed E-state index contributed by atoms with van der Waals surface area (Å²) in [7, 11) is 0. The van der Waals surface area contributed by atoms with E-state index >= 15 is 0 Å². The first-order chi connectivity index (χ1) is 11.0. The van der Waals surface area contributed by atoms with E-state index in [1.165, 1.54) is 10.6 Å². The molecule has 2 heterocycles. The highest BCUT2D eigenvalue weighted by atomic mass is 35.5. The van der Waals surface area contributed by atoms with Gasteiger partial charge in [0.1, 0.15) is 11.5 Å². The Kier molecular flexibility index (Phi) is 4.21. The van der Waals surface area contributed by atoms with Crippen molar-refractivity contribution in [1.82, 2.24) is 14.3 Å². The zero-order chi connectivity index (χ0) is 16.6. The second-order valence-corrected chi connectivity index (χ2v) is 5.63.